The van der Waals surface area contributed by atoms with Gasteiger partial charge in [-0.25, -0.2) is 13.8 Å². The van der Waals surface area contributed by atoms with Gasteiger partial charge in [0.2, 0.25) is 0 Å². The van der Waals surface area contributed by atoms with Gasteiger partial charge in [-0.05, 0) is 26.1 Å². The second kappa shape index (κ2) is 6.19. The van der Waals surface area contributed by atoms with Gasteiger partial charge >= 0.3 is 0 Å². The number of rotatable bonds is 5. The number of aromatic nitrogens is 1. The SMILES string of the molecule is Cc1nc(CN(C)CC(=O)c2ccc(F)cc2F)cs1. The van der Waals surface area contributed by atoms with Crippen molar-refractivity contribution in [3.05, 3.63) is 51.5 Å². The molecule has 106 valence electrons. The van der Waals surface area contributed by atoms with Crippen molar-refractivity contribution in [1.82, 2.24) is 9.88 Å². The molecule has 2 rings (SSSR count). The minimum Gasteiger partial charge on any atom is -0.293 e. The van der Waals surface area contributed by atoms with Crippen LogP contribution in [0.2, 0.25) is 0 Å². The van der Waals surface area contributed by atoms with Crippen molar-refractivity contribution < 1.29 is 13.6 Å². The predicted octanol–water partition coefficient (Wildman–Crippen LogP) is 3.04. The molecule has 0 bridgehead atoms. The summed E-state index contributed by atoms with van der Waals surface area (Å²) in [6, 6.07) is 2.98. The fourth-order valence-electron chi connectivity index (χ4n) is 1.86. The van der Waals surface area contributed by atoms with E-state index in [2.05, 4.69) is 4.98 Å². The number of likely N-dealkylation sites (N-methyl/N-ethyl adjacent to an activating group) is 1. The maximum atomic E-state index is 13.5. The van der Waals surface area contributed by atoms with E-state index in [4.69, 9.17) is 0 Å². The highest BCUT2D eigenvalue weighted by Gasteiger charge is 2.15. The molecule has 1 heterocycles. The first-order valence-electron chi connectivity index (χ1n) is 6.03. The van der Waals surface area contributed by atoms with E-state index in [-0.39, 0.29) is 17.9 Å². The Bertz CT molecular complexity index is 627. The first kappa shape index (κ1) is 14.7. The number of halogens is 2. The van der Waals surface area contributed by atoms with Crippen LogP contribution in [0.1, 0.15) is 21.1 Å². The quantitative estimate of drug-likeness (QED) is 0.795. The second-order valence-electron chi connectivity index (χ2n) is 4.58. The van der Waals surface area contributed by atoms with Gasteiger partial charge in [0.05, 0.1) is 22.8 Å². The monoisotopic (exact) mass is 296 g/mol. The molecule has 0 N–H and O–H groups in total. The minimum absolute atomic E-state index is 0.0547. The number of nitrogens with zero attached hydrogens (tertiary/aromatic N) is 2. The maximum absolute atomic E-state index is 13.5. The lowest BCUT2D eigenvalue weighted by Gasteiger charge is -2.14. The van der Waals surface area contributed by atoms with Gasteiger partial charge in [0.1, 0.15) is 11.6 Å². The molecule has 0 spiro atoms. The van der Waals surface area contributed by atoms with E-state index in [9.17, 15) is 13.6 Å². The molecule has 20 heavy (non-hydrogen) atoms. The van der Waals surface area contributed by atoms with E-state index in [1.54, 1.807) is 23.3 Å². The average Bonchev–Trinajstić information content (AvgIpc) is 2.74. The Morgan fingerprint density at radius 1 is 1.40 bits per heavy atom. The molecule has 0 aliphatic heterocycles. The first-order chi connectivity index (χ1) is 9.45. The van der Waals surface area contributed by atoms with Gasteiger partial charge in [-0.1, -0.05) is 0 Å². The summed E-state index contributed by atoms with van der Waals surface area (Å²) in [7, 11) is 1.76. The summed E-state index contributed by atoms with van der Waals surface area (Å²) in [6.07, 6.45) is 0. The molecule has 0 unspecified atom stereocenters. The summed E-state index contributed by atoms with van der Waals surface area (Å²) in [6.45, 7) is 2.48. The molecule has 0 saturated heterocycles. The fraction of sp³-hybridized carbons (Fsp3) is 0.286. The molecule has 0 radical (unpaired) electrons. The highest BCUT2D eigenvalue weighted by Crippen LogP contribution is 2.13. The summed E-state index contributed by atoms with van der Waals surface area (Å²) < 4.78 is 26.3. The number of benzene rings is 1. The van der Waals surface area contributed by atoms with Gasteiger partial charge in [0.25, 0.3) is 0 Å². The number of hydrogen-bond donors (Lipinski definition) is 0. The molecule has 0 aliphatic rings. The van der Waals surface area contributed by atoms with Crippen molar-refractivity contribution in [2.75, 3.05) is 13.6 Å². The molecule has 1 aromatic carbocycles. The third-order valence-corrected chi connectivity index (χ3v) is 3.57. The van der Waals surface area contributed by atoms with E-state index >= 15 is 0 Å². The van der Waals surface area contributed by atoms with Gasteiger partial charge < -0.3 is 0 Å². The van der Waals surface area contributed by atoms with Crippen molar-refractivity contribution in [3.63, 3.8) is 0 Å². The van der Waals surface area contributed by atoms with Gasteiger partial charge in [-0.2, -0.15) is 0 Å². The third-order valence-electron chi connectivity index (χ3n) is 2.74. The normalized spacial score (nSPS) is 11.1. The standard InChI is InChI=1S/C14H14F2N2OS/c1-9-17-11(8-20-9)6-18(2)7-14(19)12-4-3-10(15)5-13(12)16/h3-5,8H,6-7H2,1-2H3. The van der Waals surface area contributed by atoms with Gasteiger partial charge in [0.15, 0.2) is 5.78 Å². The van der Waals surface area contributed by atoms with Crippen LogP contribution in [-0.2, 0) is 6.54 Å². The number of hydrogen-bond acceptors (Lipinski definition) is 4. The number of thiazole rings is 1. The van der Waals surface area contributed by atoms with E-state index < -0.39 is 11.6 Å². The fourth-order valence-corrected chi connectivity index (χ4v) is 2.46. The highest BCUT2D eigenvalue weighted by atomic mass is 32.1. The van der Waals surface area contributed by atoms with Crippen molar-refractivity contribution >= 4 is 17.1 Å². The molecule has 0 aliphatic carbocycles. The molecule has 0 atom stereocenters. The molecule has 1 aromatic heterocycles. The molecule has 6 heteroatoms. The van der Waals surface area contributed by atoms with Crippen molar-refractivity contribution in [2.45, 2.75) is 13.5 Å². The first-order valence-corrected chi connectivity index (χ1v) is 6.91. The number of Topliss-reactive ketones (excluding diaryl/α,β-unsaturated/α-hetero) is 1. The highest BCUT2D eigenvalue weighted by molar-refractivity contribution is 7.09. The second-order valence-corrected chi connectivity index (χ2v) is 5.64. The van der Waals surface area contributed by atoms with Crippen LogP contribution in [0.15, 0.2) is 23.6 Å². The van der Waals surface area contributed by atoms with Gasteiger partial charge in [-0.3, -0.25) is 9.69 Å². The summed E-state index contributed by atoms with van der Waals surface area (Å²) in [5.41, 5.74) is 0.787. The van der Waals surface area contributed by atoms with Gasteiger partial charge in [0, 0.05) is 18.0 Å². The van der Waals surface area contributed by atoms with E-state index in [1.807, 2.05) is 12.3 Å². The predicted molar refractivity (Wildman–Crippen MR) is 73.9 cm³/mol. The smallest absolute Gasteiger partial charge is 0.179 e. The lowest BCUT2D eigenvalue weighted by molar-refractivity contribution is 0.0938. The molecular weight excluding hydrogens is 282 g/mol. The number of aryl methyl sites for hydroxylation is 1. The minimum atomic E-state index is -0.826. The van der Waals surface area contributed by atoms with Crippen LogP contribution in [0.5, 0.6) is 0 Å². The van der Waals surface area contributed by atoms with Crippen LogP contribution < -0.4 is 0 Å². The summed E-state index contributed by atoms with van der Waals surface area (Å²) in [5.74, 6) is -1.89. The Hall–Kier alpha value is -1.66. The molecule has 0 fully saturated rings. The van der Waals surface area contributed by atoms with E-state index in [1.165, 1.54) is 6.07 Å². The number of carbonyl (C=O) groups excluding carboxylic acids is 1. The van der Waals surface area contributed by atoms with Crippen molar-refractivity contribution in [1.29, 1.82) is 0 Å². The van der Waals surface area contributed by atoms with E-state index in [0.29, 0.717) is 6.54 Å². The zero-order valence-electron chi connectivity index (χ0n) is 11.2. The topological polar surface area (TPSA) is 33.2 Å². The Morgan fingerprint density at radius 2 is 2.15 bits per heavy atom. The van der Waals surface area contributed by atoms with Crippen LogP contribution in [0.3, 0.4) is 0 Å². The van der Waals surface area contributed by atoms with Crippen molar-refractivity contribution in [3.8, 4) is 0 Å². The molecule has 2 aromatic rings. The summed E-state index contributed by atoms with van der Waals surface area (Å²) in [4.78, 5) is 18.0. The lowest BCUT2D eigenvalue weighted by Crippen LogP contribution is -2.26. The molecule has 3 nitrogen and oxygen atoms in total. The third kappa shape index (κ3) is 3.68. The Balaban J connectivity index is 2.00. The van der Waals surface area contributed by atoms with Crippen molar-refractivity contribution in [2.24, 2.45) is 0 Å². The number of ketones is 1. The van der Waals surface area contributed by atoms with E-state index in [0.717, 1.165) is 22.8 Å². The van der Waals surface area contributed by atoms with Crippen LogP contribution in [0, 0.1) is 18.6 Å². The zero-order valence-corrected chi connectivity index (χ0v) is 12.0. The molecule has 0 saturated carbocycles. The summed E-state index contributed by atoms with van der Waals surface area (Å²) in [5, 5.41) is 2.89. The number of carbonyl (C=O) groups is 1. The van der Waals surface area contributed by atoms with Crippen LogP contribution in [0.4, 0.5) is 8.78 Å². The lowest BCUT2D eigenvalue weighted by atomic mass is 10.1. The maximum Gasteiger partial charge on any atom is 0.179 e. The van der Waals surface area contributed by atoms with Crippen LogP contribution >= 0.6 is 11.3 Å². The molecular formula is C14H14F2N2OS. The Morgan fingerprint density at radius 3 is 2.75 bits per heavy atom. The van der Waals surface area contributed by atoms with Gasteiger partial charge in [-0.15, -0.1) is 11.3 Å². The zero-order chi connectivity index (χ0) is 14.7. The summed E-state index contributed by atoms with van der Waals surface area (Å²) >= 11 is 1.54. The molecule has 0 amide bonds. The Labute approximate surface area is 119 Å². The average molecular weight is 296 g/mol. The largest absolute Gasteiger partial charge is 0.293 e. The Kier molecular flexibility index (Phi) is 4.57. The van der Waals surface area contributed by atoms with Crippen LogP contribution in [-0.4, -0.2) is 29.3 Å². The van der Waals surface area contributed by atoms with Crippen LogP contribution in [0.25, 0.3) is 0 Å².